The molecule has 0 bridgehead atoms. The summed E-state index contributed by atoms with van der Waals surface area (Å²) >= 11 is 1.65. The van der Waals surface area contributed by atoms with Crippen LogP contribution in [0.4, 0.5) is 0 Å². The predicted molar refractivity (Wildman–Crippen MR) is 92.0 cm³/mol. The van der Waals surface area contributed by atoms with E-state index in [0.29, 0.717) is 16.7 Å². The van der Waals surface area contributed by atoms with Gasteiger partial charge in [-0.15, -0.1) is 11.8 Å². The summed E-state index contributed by atoms with van der Waals surface area (Å²) in [7, 11) is 0. The molecule has 4 heteroatoms. The molecule has 0 fully saturated rings. The first-order valence-electron chi connectivity index (χ1n) is 7.31. The van der Waals surface area contributed by atoms with Crippen LogP contribution in [0.5, 0.6) is 0 Å². The quantitative estimate of drug-likeness (QED) is 0.677. The van der Waals surface area contributed by atoms with Crippen molar-refractivity contribution in [3.8, 4) is 0 Å². The fourth-order valence-electron chi connectivity index (χ4n) is 2.85. The van der Waals surface area contributed by atoms with Gasteiger partial charge in [0.05, 0.1) is 5.92 Å². The van der Waals surface area contributed by atoms with Crippen molar-refractivity contribution in [2.24, 2.45) is 0 Å². The number of carboxylic acids is 1. The zero-order valence-electron chi connectivity index (χ0n) is 12.7. The van der Waals surface area contributed by atoms with Crippen molar-refractivity contribution >= 4 is 29.6 Å². The molecule has 3 nitrogen and oxygen atoms in total. The summed E-state index contributed by atoms with van der Waals surface area (Å²) in [6.45, 7) is 0. The van der Waals surface area contributed by atoms with Crippen LogP contribution in [0.3, 0.4) is 0 Å². The number of benzene rings is 2. The second kappa shape index (κ2) is 6.42. The van der Waals surface area contributed by atoms with E-state index in [9.17, 15) is 14.7 Å². The first-order valence-corrected chi connectivity index (χ1v) is 8.53. The highest BCUT2D eigenvalue weighted by atomic mass is 32.2. The number of carbonyl (C=O) groups is 2. The molecule has 1 unspecified atom stereocenters. The fourth-order valence-corrected chi connectivity index (χ4v) is 3.26. The number of allylic oxidation sites excluding steroid dienone is 1. The van der Waals surface area contributed by atoms with Crippen molar-refractivity contribution < 1.29 is 14.7 Å². The molecule has 1 aliphatic carbocycles. The largest absolute Gasteiger partial charge is 0.481 e. The number of carboxylic acid groups (broad SMARTS) is 1. The zero-order valence-corrected chi connectivity index (χ0v) is 13.5. The second-order valence-electron chi connectivity index (χ2n) is 5.45. The lowest BCUT2D eigenvalue weighted by atomic mass is 9.78. The maximum atomic E-state index is 12.6. The number of Topliss-reactive ketones (excluding diaryl/α,β-unsaturated/α-hetero) is 1. The topological polar surface area (TPSA) is 54.4 Å². The molecular formula is C19H16O3S. The van der Waals surface area contributed by atoms with Gasteiger partial charge >= 0.3 is 5.97 Å². The number of hydrogen-bond donors (Lipinski definition) is 1. The number of thioether (sulfide) groups is 1. The molecule has 3 rings (SSSR count). The number of fused-ring (bicyclic) bond motifs is 1. The highest BCUT2D eigenvalue weighted by molar-refractivity contribution is 7.98. The zero-order chi connectivity index (χ0) is 16.4. The van der Waals surface area contributed by atoms with Crippen molar-refractivity contribution in [1.82, 2.24) is 0 Å². The van der Waals surface area contributed by atoms with Crippen molar-refractivity contribution in [3.05, 3.63) is 70.8 Å². The van der Waals surface area contributed by atoms with Crippen LogP contribution in [0.25, 0.3) is 6.08 Å². The van der Waals surface area contributed by atoms with E-state index in [1.807, 2.05) is 30.5 Å². The van der Waals surface area contributed by atoms with Crippen LogP contribution in [-0.4, -0.2) is 23.1 Å². The Morgan fingerprint density at radius 1 is 1.17 bits per heavy atom. The highest BCUT2D eigenvalue weighted by Gasteiger charge is 2.33. The van der Waals surface area contributed by atoms with E-state index < -0.39 is 11.9 Å². The molecule has 0 saturated heterocycles. The first kappa shape index (κ1) is 15.6. The normalized spacial score (nSPS) is 18.7. The average Bonchev–Trinajstić information content (AvgIpc) is 2.58. The van der Waals surface area contributed by atoms with Crippen LogP contribution >= 0.6 is 11.8 Å². The molecule has 0 amide bonds. The molecule has 0 aliphatic heterocycles. The number of ketones is 1. The number of rotatable bonds is 3. The van der Waals surface area contributed by atoms with Gasteiger partial charge in [-0.1, -0.05) is 36.4 Å². The second-order valence-corrected chi connectivity index (χ2v) is 6.33. The Morgan fingerprint density at radius 2 is 1.87 bits per heavy atom. The summed E-state index contributed by atoms with van der Waals surface area (Å²) in [4.78, 5) is 25.4. The average molecular weight is 324 g/mol. The van der Waals surface area contributed by atoms with Crippen LogP contribution in [0.15, 0.2) is 59.0 Å². The van der Waals surface area contributed by atoms with Crippen molar-refractivity contribution in [2.75, 3.05) is 6.26 Å². The van der Waals surface area contributed by atoms with Gasteiger partial charge in [0.15, 0.2) is 5.78 Å². The Kier molecular flexibility index (Phi) is 4.35. The third-order valence-electron chi connectivity index (χ3n) is 4.05. The van der Waals surface area contributed by atoms with Gasteiger partial charge in [-0.2, -0.15) is 0 Å². The lowest BCUT2D eigenvalue weighted by molar-refractivity contribution is -0.138. The minimum atomic E-state index is -0.895. The van der Waals surface area contributed by atoms with Crippen molar-refractivity contribution in [2.45, 2.75) is 17.2 Å². The molecule has 1 atom stereocenters. The fraction of sp³-hybridized carbons (Fsp3) is 0.158. The third-order valence-corrected chi connectivity index (χ3v) is 4.79. The maximum Gasteiger partial charge on any atom is 0.311 e. The van der Waals surface area contributed by atoms with Gasteiger partial charge in [0.2, 0.25) is 0 Å². The van der Waals surface area contributed by atoms with Crippen LogP contribution in [0.2, 0.25) is 0 Å². The Morgan fingerprint density at radius 3 is 2.52 bits per heavy atom. The van der Waals surface area contributed by atoms with E-state index in [0.717, 1.165) is 10.5 Å². The van der Waals surface area contributed by atoms with E-state index in [2.05, 4.69) is 0 Å². The molecule has 0 heterocycles. The molecule has 23 heavy (non-hydrogen) atoms. The molecule has 2 aromatic rings. The van der Waals surface area contributed by atoms with Gasteiger partial charge in [-0.05, 0) is 42.0 Å². The minimum absolute atomic E-state index is 0.0768. The van der Waals surface area contributed by atoms with Gasteiger partial charge in [-0.3, -0.25) is 9.59 Å². The van der Waals surface area contributed by atoms with Gasteiger partial charge in [0.1, 0.15) is 0 Å². The molecule has 2 aromatic carbocycles. The summed E-state index contributed by atoms with van der Waals surface area (Å²) in [6, 6.07) is 14.9. The summed E-state index contributed by atoms with van der Waals surface area (Å²) in [5, 5.41) is 9.48. The highest BCUT2D eigenvalue weighted by Crippen LogP contribution is 2.35. The molecule has 0 saturated carbocycles. The Hall–Kier alpha value is -2.33. The Bertz CT molecular complexity index is 791. The first-order chi connectivity index (χ1) is 11.1. The molecule has 0 radical (unpaired) electrons. The maximum absolute atomic E-state index is 12.6. The summed E-state index contributed by atoms with van der Waals surface area (Å²) in [5.74, 6) is -1.64. The molecule has 0 spiro atoms. The molecule has 1 N–H and O–H groups in total. The van der Waals surface area contributed by atoms with Crippen molar-refractivity contribution in [1.29, 1.82) is 0 Å². The van der Waals surface area contributed by atoms with Crippen LogP contribution in [-0.2, 0) is 4.79 Å². The van der Waals surface area contributed by atoms with E-state index in [-0.39, 0.29) is 12.2 Å². The van der Waals surface area contributed by atoms with Gasteiger partial charge in [0.25, 0.3) is 0 Å². The number of carbonyl (C=O) groups excluding carboxylic acids is 1. The van der Waals surface area contributed by atoms with Crippen LogP contribution in [0, 0.1) is 0 Å². The SMILES string of the molecule is CSc1ccc(/C=C2/CC(C(=O)O)c3ccccc3C2=O)cc1. The van der Waals surface area contributed by atoms with E-state index in [1.165, 1.54) is 0 Å². The van der Waals surface area contributed by atoms with Crippen molar-refractivity contribution in [3.63, 3.8) is 0 Å². The standard InChI is InChI=1S/C19H16O3S/c1-23-14-8-6-12(7-9-14)10-13-11-17(19(21)22)15-4-2-3-5-16(15)18(13)20/h2-10,17H,11H2,1H3,(H,21,22)/b13-10-. The van der Waals surface area contributed by atoms with E-state index in [4.69, 9.17) is 0 Å². The monoisotopic (exact) mass is 324 g/mol. The van der Waals surface area contributed by atoms with Gasteiger partial charge in [-0.25, -0.2) is 0 Å². The van der Waals surface area contributed by atoms with Gasteiger partial charge < -0.3 is 5.11 Å². The number of aliphatic carboxylic acids is 1. The van der Waals surface area contributed by atoms with Gasteiger partial charge in [0, 0.05) is 16.0 Å². The lowest BCUT2D eigenvalue weighted by Gasteiger charge is -2.23. The Labute approximate surface area is 139 Å². The smallest absolute Gasteiger partial charge is 0.311 e. The van der Waals surface area contributed by atoms with Crippen LogP contribution < -0.4 is 0 Å². The summed E-state index contributed by atoms with van der Waals surface area (Å²) in [6.07, 6.45) is 4.04. The van der Waals surface area contributed by atoms with E-state index >= 15 is 0 Å². The molecular weight excluding hydrogens is 308 g/mol. The summed E-state index contributed by atoms with van der Waals surface area (Å²) in [5.41, 5.74) is 2.57. The summed E-state index contributed by atoms with van der Waals surface area (Å²) < 4.78 is 0. The Balaban J connectivity index is 2.01. The molecule has 0 aromatic heterocycles. The third kappa shape index (κ3) is 3.08. The molecule has 116 valence electrons. The molecule has 1 aliphatic rings. The van der Waals surface area contributed by atoms with Crippen LogP contribution in [0.1, 0.15) is 33.8 Å². The van der Waals surface area contributed by atoms with E-state index in [1.54, 1.807) is 42.1 Å². The number of hydrogen-bond acceptors (Lipinski definition) is 3. The predicted octanol–water partition coefficient (Wildman–Crippen LogP) is 4.25. The minimum Gasteiger partial charge on any atom is -0.481 e. The lowest BCUT2D eigenvalue weighted by Crippen LogP contribution is -2.23.